The summed E-state index contributed by atoms with van der Waals surface area (Å²) < 4.78 is 13.5. The predicted octanol–water partition coefficient (Wildman–Crippen LogP) is 5.42. The van der Waals surface area contributed by atoms with Gasteiger partial charge in [-0.1, -0.05) is 54.1 Å². The summed E-state index contributed by atoms with van der Waals surface area (Å²) in [6.45, 7) is 3.08. The Morgan fingerprint density at radius 3 is 2.55 bits per heavy atom. The normalized spacial score (nSPS) is 11.8. The number of halogens is 1. The van der Waals surface area contributed by atoms with Crippen molar-refractivity contribution >= 4 is 28.5 Å². The summed E-state index contributed by atoms with van der Waals surface area (Å²) in [5.74, 6) is 1.93. The fraction of sp³-hybridized carbons (Fsp3) is 0.231. The minimum atomic E-state index is -0.284. The highest BCUT2D eigenvalue weighted by Gasteiger charge is 2.18. The van der Waals surface area contributed by atoms with E-state index in [0.717, 1.165) is 23.3 Å². The molecule has 1 heterocycles. The first kappa shape index (κ1) is 22.7. The van der Waals surface area contributed by atoms with Gasteiger partial charge in [0.25, 0.3) is 5.91 Å². The van der Waals surface area contributed by atoms with Gasteiger partial charge in [-0.15, -0.1) is 0 Å². The lowest BCUT2D eigenvalue weighted by Crippen LogP contribution is -2.32. The number of aryl methyl sites for hydroxylation is 1. The molecule has 0 radical (unpaired) electrons. The largest absolute Gasteiger partial charge is 0.492 e. The van der Waals surface area contributed by atoms with Crippen LogP contribution in [0.4, 0.5) is 0 Å². The molecule has 4 aromatic rings. The first-order chi connectivity index (χ1) is 16.1. The quantitative estimate of drug-likeness (QED) is 0.319. The minimum absolute atomic E-state index is 0.0553. The Morgan fingerprint density at radius 2 is 1.73 bits per heavy atom. The molecule has 0 aliphatic heterocycles. The number of carbonyl (C=O) groups is 1. The molecule has 1 aromatic heterocycles. The van der Waals surface area contributed by atoms with Crippen molar-refractivity contribution in [3.8, 4) is 11.5 Å². The molecule has 1 amide bonds. The third-order valence-corrected chi connectivity index (χ3v) is 5.49. The number of imidazole rings is 1. The van der Waals surface area contributed by atoms with Crippen molar-refractivity contribution in [2.24, 2.45) is 0 Å². The Morgan fingerprint density at radius 1 is 1.00 bits per heavy atom. The molecule has 0 saturated heterocycles. The van der Waals surface area contributed by atoms with Gasteiger partial charge < -0.3 is 19.4 Å². The van der Waals surface area contributed by atoms with Gasteiger partial charge in [-0.2, -0.15) is 0 Å². The molecule has 1 atom stereocenters. The summed E-state index contributed by atoms with van der Waals surface area (Å²) in [6, 6.07) is 24.4. The van der Waals surface area contributed by atoms with Crippen LogP contribution in [-0.2, 0) is 11.3 Å². The van der Waals surface area contributed by atoms with Gasteiger partial charge in [0, 0.05) is 6.54 Å². The van der Waals surface area contributed by atoms with Gasteiger partial charge in [-0.05, 0) is 49.7 Å². The van der Waals surface area contributed by atoms with Crippen LogP contribution in [0.25, 0.3) is 11.0 Å². The Bertz CT molecular complexity index is 1210. The van der Waals surface area contributed by atoms with Crippen LogP contribution < -0.4 is 14.8 Å². The highest BCUT2D eigenvalue weighted by molar-refractivity contribution is 6.32. The highest BCUT2D eigenvalue weighted by atomic mass is 35.5. The summed E-state index contributed by atoms with van der Waals surface area (Å²) in [5.41, 5.74) is 1.91. The van der Waals surface area contributed by atoms with E-state index in [1.165, 1.54) is 0 Å². The molecule has 0 spiro atoms. The van der Waals surface area contributed by atoms with Gasteiger partial charge >= 0.3 is 0 Å². The van der Waals surface area contributed by atoms with Crippen molar-refractivity contribution in [1.29, 1.82) is 0 Å². The Labute approximate surface area is 198 Å². The second-order valence-corrected chi connectivity index (χ2v) is 8.04. The van der Waals surface area contributed by atoms with Crippen LogP contribution in [-0.4, -0.2) is 28.7 Å². The van der Waals surface area contributed by atoms with Crippen LogP contribution in [0.3, 0.4) is 0 Å². The van der Waals surface area contributed by atoms with Gasteiger partial charge in [0.05, 0.1) is 28.7 Å². The highest BCUT2D eigenvalue weighted by Crippen LogP contribution is 2.24. The van der Waals surface area contributed by atoms with Crippen LogP contribution in [0.5, 0.6) is 11.5 Å². The van der Waals surface area contributed by atoms with Crippen LogP contribution in [0, 0.1) is 0 Å². The van der Waals surface area contributed by atoms with E-state index < -0.39 is 0 Å². The standard InChI is InChI=1S/C26H26ClN3O3/c1-19(28-25(31)18-33-20-10-3-2-4-11-20)26-29-22-13-6-7-14-23(22)30(26)16-9-17-32-24-15-8-5-12-21(24)27/h2-8,10-15,19H,9,16-18H2,1H3,(H,28,31). The molecule has 4 rings (SSSR count). The van der Waals surface area contributed by atoms with E-state index in [1.54, 1.807) is 0 Å². The molecule has 0 saturated carbocycles. The van der Waals surface area contributed by atoms with Gasteiger partial charge in [-0.3, -0.25) is 4.79 Å². The molecule has 33 heavy (non-hydrogen) atoms. The molecule has 1 unspecified atom stereocenters. The lowest BCUT2D eigenvalue weighted by atomic mass is 10.3. The number of rotatable bonds is 10. The summed E-state index contributed by atoms with van der Waals surface area (Å²) in [5, 5.41) is 3.59. The van der Waals surface area contributed by atoms with Gasteiger partial charge in [0.15, 0.2) is 6.61 Å². The molecular weight excluding hydrogens is 438 g/mol. The number of nitrogens with zero attached hydrogens (tertiary/aromatic N) is 2. The van der Waals surface area contributed by atoms with E-state index in [-0.39, 0.29) is 18.6 Å². The van der Waals surface area contributed by atoms with Crippen molar-refractivity contribution < 1.29 is 14.3 Å². The lowest BCUT2D eigenvalue weighted by Gasteiger charge is -2.17. The van der Waals surface area contributed by atoms with Crippen molar-refractivity contribution in [3.63, 3.8) is 0 Å². The van der Waals surface area contributed by atoms with Crippen LogP contribution in [0.15, 0.2) is 78.9 Å². The van der Waals surface area contributed by atoms with Gasteiger partial charge in [0.1, 0.15) is 17.3 Å². The maximum Gasteiger partial charge on any atom is 0.258 e. The fourth-order valence-corrected chi connectivity index (χ4v) is 3.83. The summed E-state index contributed by atoms with van der Waals surface area (Å²) >= 11 is 6.17. The maximum absolute atomic E-state index is 12.5. The SMILES string of the molecule is CC(NC(=O)COc1ccccc1)c1nc2ccccc2n1CCCOc1ccccc1Cl. The first-order valence-electron chi connectivity index (χ1n) is 10.9. The summed E-state index contributed by atoms with van der Waals surface area (Å²) in [4.78, 5) is 17.3. The van der Waals surface area contributed by atoms with Crippen molar-refractivity contribution in [2.45, 2.75) is 25.9 Å². The minimum Gasteiger partial charge on any atom is -0.492 e. The average Bonchev–Trinajstić information content (AvgIpc) is 3.21. The zero-order valence-electron chi connectivity index (χ0n) is 18.4. The fourth-order valence-electron chi connectivity index (χ4n) is 3.64. The zero-order valence-corrected chi connectivity index (χ0v) is 19.2. The zero-order chi connectivity index (χ0) is 23.0. The molecule has 170 valence electrons. The van der Waals surface area contributed by atoms with Gasteiger partial charge in [0.2, 0.25) is 0 Å². The van der Waals surface area contributed by atoms with E-state index >= 15 is 0 Å². The summed E-state index contributed by atoms with van der Waals surface area (Å²) in [6.07, 6.45) is 0.760. The monoisotopic (exact) mass is 463 g/mol. The maximum atomic E-state index is 12.5. The third-order valence-electron chi connectivity index (χ3n) is 5.18. The molecule has 0 bridgehead atoms. The predicted molar refractivity (Wildman–Crippen MR) is 130 cm³/mol. The van der Waals surface area contributed by atoms with E-state index in [9.17, 15) is 4.79 Å². The van der Waals surface area contributed by atoms with Gasteiger partial charge in [-0.25, -0.2) is 4.98 Å². The lowest BCUT2D eigenvalue weighted by molar-refractivity contribution is -0.123. The first-order valence-corrected chi connectivity index (χ1v) is 11.3. The number of nitrogens with one attached hydrogen (secondary N) is 1. The number of fused-ring (bicyclic) bond motifs is 1. The van der Waals surface area contributed by atoms with Crippen molar-refractivity contribution in [2.75, 3.05) is 13.2 Å². The topological polar surface area (TPSA) is 65.4 Å². The third kappa shape index (κ3) is 5.84. The van der Waals surface area contributed by atoms with E-state index in [0.29, 0.717) is 29.7 Å². The molecule has 3 aromatic carbocycles. The molecular formula is C26H26ClN3O3. The number of hydrogen-bond donors (Lipinski definition) is 1. The molecule has 7 heteroatoms. The number of ether oxygens (including phenoxy) is 2. The second-order valence-electron chi connectivity index (χ2n) is 7.63. The Kier molecular flexibility index (Phi) is 7.47. The van der Waals surface area contributed by atoms with Crippen molar-refractivity contribution in [1.82, 2.24) is 14.9 Å². The van der Waals surface area contributed by atoms with Crippen LogP contribution in [0.2, 0.25) is 5.02 Å². The summed E-state index contributed by atoms with van der Waals surface area (Å²) in [7, 11) is 0. The van der Waals surface area contributed by atoms with Crippen molar-refractivity contribution in [3.05, 3.63) is 89.7 Å². The number of carbonyl (C=O) groups excluding carboxylic acids is 1. The van der Waals surface area contributed by atoms with E-state index in [2.05, 4.69) is 9.88 Å². The number of amides is 1. The number of para-hydroxylation sites is 4. The van der Waals surface area contributed by atoms with Crippen LogP contribution in [0.1, 0.15) is 25.2 Å². The molecule has 0 aliphatic rings. The van der Waals surface area contributed by atoms with E-state index in [4.69, 9.17) is 26.1 Å². The second kappa shape index (κ2) is 10.9. The molecule has 1 N–H and O–H groups in total. The number of aromatic nitrogens is 2. The van der Waals surface area contributed by atoms with E-state index in [1.807, 2.05) is 85.8 Å². The molecule has 0 fully saturated rings. The average molecular weight is 464 g/mol. The Balaban J connectivity index is 1.40. The number of benzene rings is 3. The number of hydrogen-bond acceptors (Lipinski definition) is 4. The molecule has 0 aliphatic carbocycles. The molecule has 6 nitrogen and oxygen atoms in total. The Hall–Kier alpha value is -3.51. The smallest absolute Gasteiger partial charge is 0.258 e. The van der Waals surface area contributed by atoms with Crippen LogP contribution >= 0.6 is 11.6 Å².